The molecule has 1 rings (SSSR count). The molecule has 1 heterocycles. The molecule has 0 unspecified atom stereocenters. The summed E-state index contributed by atoms with van der Waals surface area (Å²) in [6.45, 7) is 1.69. The molecule has 13 heavy (non-hydrogen) atoms. The summed E-state index contributed by atoms with van der Waals surface area (Å²) in [7, 11) is 0. The van der Waals surface area contributed by atoms with Gasteiger partial charge in [0, 0.05) is 12.7 Å². The van der Waals surface area contributed by atoms with Crippen LogP contribution in [-0.4, -0.2) is 16.2 Å². The van der Waals surface area contributed by atoms with E-state index in [1.165, 1.54) is 10.8 Å². The predicted molar refractivity (Wildman–Crippen MR) is 51.5 cm³/mol. The second kappa shape index (κ2) is 4.50. The van der Waals surface area contributed by atoms with Gasteiger partial charge < -0.3 is 0 Å². The van der Waals surface area contributed by atoms with Crippen molar-refractivity contribution in [2.45, 2.75) is 19.9 Å². The molecular formula is C8H10BrFN2O. The molecule has 1 aromatic rings. The number of aryl methyl sites for hydroxylation is 1. The van der Waals surface area contributed by atoms with Crippen LogP contribution in [-0.2, 0) is 6.54 Å². The third-order valence-corrected chi connectivity index (χ3v) is 2.26. The minimum atomic E-state index is -0.418. The lowest BCUT2D eigenvalue weighted by molar-refractivity contribution is 0.438. The Balaban J connectivity index is 3.03. The van der Waals surface area contributed by atoms with Crippen molar-refractivity contribution in [1.82, 2.24) is 9.55 Å². The van der Waals surface area contributed by atoms with Gasteiger partial charge >= 0.3 is 0 Å². The lowest BCUT2D eigenvalue weighted by atomic mass is 10.4. The normalized spacial score (nSPS) is 10.4. The van der Waals surface area contributed by atoms with Crippen LogP contribution < -0.4 is 5.56 Å². The van der Waals surface area contributed by atoms with Crippen LogP contribution in [0.5, 0.6) is 0 Å². The van der Waals surface area contributed by atoms with Crippen molar-refractivity contribution in [2.75, 3.05) is 6.67 Å². The number of alkyl halides is 1. The highest BCUT2D eigenvalue weighted by Gasteiger charge is 2.04. The van der Waals surface area contributed by atoms with E-state index >= 15 is 0 Å². The van der Waals surface area contributed by atoms with Gasteiger partial charge in [0.15, 0.2) is 0 Å². The van der Waals surface area contributed by atoms with Crippen molar-refractivity contribution in [1.29, 1.82) is 0 Å². The number of halogens is 2. The van der Waals surface area contributed by atoms with Gasteiger partial charge in [-0.1, -0.05) is 0 Å². The first-order valence-electron chi connectivity index (χ1n) is 3.94. The minimum Gasteiger partial charge on any atom is -0.296 e. The van der Waals surface area contributed by atoms with Crippen LogP contribution in [0.1, 0.15) is 12.2 Å². The Labute approximate surface area is 83.7 Å². The fourth-order valence-corrected chi connectivity index (χ4v) is 1.35. The second-order valence-corrected chi connectivity index (χ2v) is 3.51. The highest BCUT2D eigenvalue weighted by molar-refractivity contribution is 9.10. The zero-order valence-corrected chi connectivity index (χ0v) is 8.84. The van der Waals surface area contributed by atoms with Crippen LogP contribution in [0.25, 0.3) is 0 Å². The van der Waals surface area contributed by atoms with E-state index in [1.54, 1.807) is 6.92 Å². The van der Waals surface area contributed by atoms with Crippen LogP contribution >= 0.6 is 15.9 Å². The summed E-state index contributed by atoms with van der Waals surface area (Å²) in [4.78, 5) is 15.4. The van der Waals surface area contributed by atoms with Crippen molar-refractivity contribution >= 4 is 15.9 Å². The van der Waals surface area contributed by atoms with E-state index < -0.39 is 6.67 Å². The number of hydrogen-bond acceptors (Lipinski definition) is 2. The standard InChI is InChI=1S/C8H10BrFN2O/c1-6-11-5-7(9)8(13)12(6)4-2-3-10/h5H,2-4H2,1H3. The molecule has 0 aliphatic rings. The molecule has 0 saturated carbocycles. The monoisotopic (exact) mass is 248 g/mol. The van der Waals surface area contributed by atoms with E-state index in [2.05, 4.69) is 20.9 Å². The summed E-state index contributed by atoms with van der Waals surface area (Å²) >= 11 is 3.08. The first-order chi connectivity index (χ1) is 6.16. The third-order valence-electron chi connectivity index (χ3n) is 1.72. The highest BCUT2D eigenvalue weighted by atomic mass is 79.9. The zero-order valence-electron chi connectivity index (χ0n) is 7.26. The minimum absolute atomic E-state index is 0.152. The topological polar surface area (TPSA) is 34.9 Å². The summed E-state index contributed by atoms with van der Waals surface area (Å²) in [6.07, 6.45) is 1.81. The summed E-state index contributed by atoms with van der Waals surface area (Å²) in [5.74, 6) is 0.613. The van der Waals surface area contributed by atoms with E-state index in [1.807, 2.05) is 0 Å². The van der Waals surface area contributed by atoms with E-state index in [4.69, 9.17) is 0 Å². The van der Waals surface area contributed by atoms with E-state index in [0.717, 1.165) is 0 Å². The molecule has 72 valence electrons. The lowest BCUT2D eigenvalue weighted by Gasteiger charge is -2.07. The van der Waals surface area contributed by atoms with Crippen LogP contribution in [0.2, 0.25) is 0 Å². The molecule has 1 aromatic heterocycles. The van der Waals surface area contributed by atoms with Crippen LogP contribution in [0, 0.1) is 6.92 Å². The van der Waals surface area contributed by atoms with Gasteiger partial charge in [0.25, 0.3) is 5.56 Å². The first-order valence-corrected chi connectivity index (χ1v) is 4.74. The average molecular weight is 249 g/mol. The molecule has 0 bridgehead atoms. The van der Waals surface area contributed by atoms with E-state index in [0.29, 0.717) is 23.3 Å². The molecule has 0 radical (unpaired) electrons. The summed E-state index contributed by atoms with van der Waals surface area (Å²) in [6, 6.07) is 0. The SMILES string of the molecule is Cc1ncc(Br)c(=O)n1CCCF. The van der Waals surface area contributed by atoms with E-state index in [-0.39, 0.29) is 5.56 Å². The molecule has 5 heteroatoms. The Morgan fingerprint density at radius 2 is 2.38 bits per heavy atom. The highest BCUT2D eigenvalue weighted by Crippen LogP contribution is 2.01. The van der Waals surface area contributed by atoms with Gasteiger partial charge in [-0.15, -0.1) is 0 Å². The molecule has 0 atom stereocenters. The fraction of sp³-hybridized carbons (Fsp3) is 0.500. The molecule has 3 nitrogen and oxygen atoms in total. The number of nitrogens with zero attached hydrogens (tertiary/aromatic N) is 2. The van der Waals surface area contributed by atoms with Crippen LogP contribution in [0.3, 0.4) is 0 Å². The maximum absolute atomic E-state index is 11.9. The lowest BCUT2D eigenvalue weighted by Crippen LogP contribution is -2.24. The van der Waals surface area contributed by atoms with Crippen LogP contribution in [0.4, 0.5) is 4.39 Å². The summed E-state index contributed by atoms with van der Waals surface area (Å²) in [5, 5.41) is 0. The summed E-state index contributed by atoms with van der Waals surface area (Å²) < 4.78 is 13.8. The van der Waals surface area contributed by atoms with Gasteiger partial charge in [0.2, 0.25) is 0 Å². The molecule has 0 N–H and O–H groups in total. The van der Waals surface area contributed by atoms with Crippen molar-refractivity contribution in [3.63, 3.8) is 0 Å². The maximum Gasteiger partial charge on any atom is 0.267 e. The number of aromatic nitrogens is 2. The van der Waals surface area contributed by atoms with Crippen LogP contribution in [0.15, 0.2) is 15.5 Å². The van der Waals surface area contributed by atoms with Gasteiger partial charge in [-0.3, -0.25) is 13.8 Å². The molecular weight excluding hydrogens is 239 g/mol. The Kier molecular flexibility index (Phi) is 3.59. The van der Waals surface area contributed by atoms with Crippen molar-refractivity contribution < 1.29 is 4.39 Å². The van der Waals surface area contributed by atoms with Crippen molar-refractivity contribution in [2.24, 2.45) is 0 Å². The number of rotatable bonds is 3. The second-order valence-electron chi connectivity index (χ2n) is 2.65. The Morgan fingerprint density at radius 3 is 3.00 bits per heavy atom. The molecule has 0 aromatic carbocycles. The predicted octanol–water partition coefficient (Wildman–Crippen LogP) is 1.67. The van der Waals surface area contributed by atoms with Gasteiger partial charge in [-0.05, 0) is 29.3 Å². The van der Waals surface area contributed by atoms with Gasteiger partial charge in [0.1, 0.15) is 10.3 Å². The molecule has 0 spiro atoms. The average Bonchev–Trinajstić information content (AvgIpc) is 2.12. The third kappa shape index (κ3) is 2.37. The smallest absolute Gasteiger partial charge is 0.267 e. The molecule has 0 aliphatic heterocycles. The molecule has 0 amide bonds. The maximum atomic E-state index is 11.9. The summed E-state index contributed by atoms with van der Waals surface area (Å²) in [5.41, 5.74) is -0.152. The zero-order chi connectivity index (χ0) is 9.84. The Morgan fingerprint density at radius 1 is 1.69 bits per heavy atom. The van der Waals surface area contributed by atoms with Gasteiger partial charge in [0.05, 0.1) is 6.67 Å². The quantitative estimate of drug-likeness (QED) is 0.816. The van der Waals surface area contributed by atoms with E-state index in [9.17, 15) is 9.18 Å². The number of hydrogen-bond donors (Lipinski definition) is 0. The molecule has 0 fully saturated rings. The van der Waals surface area contributed by atoms with Crippen molar-refractivity contribution in [3.05, 3.63) is 26.8 Å². The first kappa shape index (κ1) is 10.4. The van der Waals surface area contributed by atoms with Gasteiger partial charge in [-0.25, -0.2) is 4.98 Å². The molecule has 0 aliphatic carbocycles. The fourth-order valence-electron chi connectivity index (χ4n) is 1.03. The Bertz CT molecular complexity index is 350. The van der Waals surface area contributed by atoms with Crippen molar-refractivity contribution in [3.8, 4) is 0 Å². The molecule has 0 saturated heterocycles. The largest absolute Gasteiger partial charge is 0.296 e. The van der Waals surface area contributed by atoms with Gasteiger partial charge in [-0.2, -0.15) is 0 Å². The Hall–Kier alpha value is -0.710.